The van der Waals surface area contributed by atoms with Crippen LogP contribution in [0.2, 0.25) is 0 Å². The molecule has 1 saturated heterocycles. The zero-order chi connectivity index (χ0) is 13.4. The monoisotopic (exact) mass is 257 g/mol. The molecule has 5 heteroatoms. The third kappa shape index (κ3) is 6.21. The molecule has 0 spiro atoms. The molecule has 18 heavy (non-hydrogen) atoms. The van der Waals surface area contributed by atoms with Gasteiger partial charge in [0.1, 0.15) is 0 Å². The number of hydrogen-bond donors (Lipinski definition) is 2. The Bertz CT molecular complexity index is 246. The molecule has 1 aliphatic heterocycles. The summed E-state index contributed by atoms with van der Waals surface area (Å²) in [5.41, 5.74) is 0. The predicted molar refractivity (Wildman–Crippen MR) is 72.7 cm³/mol. The fourth-order valence-electron chi connectivity index (χ4n) is 2.10. The third-order valence-corrected chi connectivity index (χ3v) is 3.20. The van der Waals surface area contributed by atoms with Gasteiger partial charge in [0.25, 0.3) is 0 Å². The highest BCUT2D eigenvalue weighted by atomic mass is 16.5. The lowest BCUT2D eigenvalue weighted by Crippen LogP contribution is -2.40. The molecule has 2 amide bonds. The minimum Gasteiger partial charge on any atom is -0.383 e. The summed E-state index contributed by atoms with van der Waals surface area (Å²) >= 11 is 0. The highest BCUT2D eigenvalue weighted by molar-refractivity contribution is 5.73. The molecule has 1 aliphatic rings. The Labute approximate surface area is 110 Å². The molecule has 1 rings (SSSR count). The number of rotatable bonds is 7. The number of nitrogens with zero attached hydrogens (tertiary/aromatic N) is 1. The van der Waals surface area contributed by atoms with Gasteiger partial charge in [-0.2, -0.15) is 0 Å². The average Bonchev–Trinajstić information content (AvgIpc) is 2.79. The van der Waals surface area contributed by atoms with Crippen molar-refractivity contribution in [2.45, 2.75) is 20.3 Å². The normalized spacial score (nSPS) is 20.3. The summed E-state index contributed by atoms with van der Waals surface area (Å²) in [5, 5.41) is 5.82. The minimum absolute atomic E-state index is 0.0426. The maximum atomic E-state index is 11.5. The highest BCUT2D eigenvalue weighted by Gasteiger charge is 2.22. The van der Waals surface area contributed by atoms with Crippen LogP contribution in [0, 0.1) is 11.8 Å². The van der Waals surface area contributed by atoms with Crippen molar-refractivity contribution in [2.75, 3.05) is 46.4 Å². The summed E-state index contributed by atoms with van der Waals surface area (Å²) in [6.45, 7) is 9.64. The quantitative estimate of drug-likeness (QED) is 0.713. The first-order valence-electron chi connectivity index (χ1n) is 6.84. The van der Waals surface area contributed by atoms with E-state index in [4.69, 9.17) is 4.74 Å². The van der Waals surface area contributed by atoms with Gasteiger partial charge >= 0.3 is 6.03 Å². The van der Waals surface area contributed by atoms with Gasteiger partial charge in [-0.1, -0.05) is 13.8 Å². The number of methoxy groups -OCH3 is 1. The van der Waals surface area contributed by atoms with Crippen molar-refractivity contribution in [3.8, 4) is 0 Å². The van der Waals surface area contributed by atoms with Crippen LogP contribution in [0.3, 0.4) is 0 Å². The van der Waals surface area contributed by atoms with Crippen LogP contribution in [0.15, 0.2) is 0 Å². The fraction of sp³-hybridized carbons (Fsp3) is 0.923. The molecule has 0 aromatic rings. The third-order valence-electron chi connectivity index (χ3n) is 3.20. The van der Waals surface area contributed by atoms with Crippen LogP contribution in [0.25, 0.3) is 0 Å². The number of likely N-dealkylation sites (tertiary alicyclic amines) is 1. The van der Waals surface area contributed by atoms with Crippen LogP contribution >= 0.6 is 0 Å². The van der Waals surface area contributed by atoms with E-state index >= 15 is 0 Å². The summed E-state index contributed by atoms with van der Waals surface area (Å²) in [4.78, 5) is 13.9. The Hall–Kier alpha value is -0.810. The molecule has 0 saturated carbocycles. The van der Waals surface area contributed by atoms with E-state index in [1.165, 1.54) is 0 Å². The number of urea groups is 1. The van der Waals surface area contributed by atoms with Gasteiger partial charge in [-0.05, 0) is 24.8 Å². The van der Waals surface area contributed by atoms with Gasteiger partial charge in [-0.15, -0.1) is 0 Å². The Morgan fingerprint density at radius 2 is 2.22 bits per heavy atom. The van der Waals surface area contributed by atoms with E-state index in [0.29, 0.717) is 11.8 Å². The Morgan fingerprint density at radius 3 is 2.89 bits per heavy atom. The molecule has 0 bridgehead atoms. The van der Waals surface area contributed by atoms with E-state index in [9.17, 15) is 4.79 Å². The summed E-state index contributed by atoms with van der Waals surface area (Å²) in [6.07, 6.45) is 1.16. The lowest BCUT2D eigenvalue weighted by atomic mass is 10.1. The van der Waals surface area contributed by atoms with E-state index < -0.39 is 0 Å². The molecule has 1 heterocycles. The Balaban J connectivity index is 2.08. The van der Waals surface area contributed by atoms with Gasteiger partial charge in [0.2, 0.25) is 0 Å². The smallest absolute Gasteiger partial charge is 0.314 e. The SMILES string of the molecule is COCCN1CCC(CNC(=O)NCC(C)C)C1. The second-order valence-electron chi connectivity index (χ2n) is 5.43. The lowest BCUT2D eigenvalue weighted by molar-refractivity contribution is 0.159. The summed E-state index contributed by atoms with van der Waals surface area (Å²) in [6, 6.07) is -0.0426. The number of carbonyl (C=O) groups is 1. The van der Waals surface area contributed by atoms with Gasteiger partial charge in [-0.25, -0.2) is 4.79 Å². The zero-order valence-electron chi connectivity index (χ0n) is 11.9. The van der Waals surface area contributed by atoms with Crippen molar-refractivity contribution in [3.05, 3.63) is 0 Å². The van der Waals surface area contributed by atoms with E-state index in [0.717, 1.165) is 45.8 Å². The maximum absolute atomic E-state index is 11.5. The first-order valence-corrected chi connectivity index (χ1v) is 6.84. The first-order chi connectivity index (χ1) is 8.61. The molecule has 0 radical (unpaired) electrons. The van der Waals surface area contributed by atoms with Gasteiger partial charge in [0, 0.05) is 33.3 Å². The number of amides is 2. The molecule has 106 valence electrons. The minimum atomic E-state index is -0.0426. The molecule has 0 aromatic heterocycles. The Kier molecular flexibility index (Phi) is 7.05. The van der Waals surface area contributed by atoms with Crippen molar-refractivity contribution in [2.24, 2.45) is 11.8 Å². The lowest BCUT2D eigenvalue weighted by Gasteiger charge is -2.16. The highest BCUT2D eigenvalue weighted by Crippen LogP contribution is 2.14. The zero-order valence-corrected chi connectivity index (χ0v) is 11.9. The molecule has 2 N–H and O–H groups in total. The number of hydrogen-bond acceptors (Lipinski definition) is 3. The fourth-order valence-corrected chi connectivity index (χ4v) is 2.10. The van der Waals surface area contributed by atoms with Crippen molar-refractivity contribution in [3.63, 3.8) is 0 Å². The Morgan fingerprint density at radius 1 is 1.44 bits per heavy atom. The summed E-state index contributed by atoms with van der Waals surface area (Å²) < 4.78 is 5.07. The molecule has 0 aromatic carbocycles. The standard InChI is InChI=1S/C13H27N3O2/c1-11(2)8-14-13(17)15-9-12-4-5-16(10-12)6-7-18-3/h11-12H,4-10H2,1-3H3,(H2,14,15,17). The van der Waals surface area contributed by atoms with Crippen molar-refractivity contribution < 1.29 is 9.53 Å². The molecule has 0 aliphatic carbocycles. The molecular formula is C13H27N3O2. The van der Waals surface area contributed by atoms with Crippen LogP contribution in [-0.2, 0) is 4.74 Å². The van der Waals surface area contributed by atoms with Crippen LogP contribution in [0.5, 0.6) is 0 Å². The molecule has 1 atom stereocenters. The number of nitrogens with one attached hydrogen (secondary N) is 2. The predicted octanol–water partition coefficient (Wildman–Crippen LogP) is 0.910. The average molecular weight is 257 g/mol. The van der Waals surface area contributed by atoms with Gasteiger partial charge < -0.3 is 20.3 Å². The molecule has 5 nitrogen and oxygen atoms in total. The van der Waals surface area contributed by atoms with E-state index in [-0.39, 0.29) is 6.03 Å². The van der Waals surface area contributed by atoms with E-state index in [1.54, 1.807) is 7.11 Å². The van der Waals surface area contributed by atoms with Crippen LogP contribution in [0.4, 0.5) is 4.79 Å². The van der Waals surface area contributed by atoms with Crippen molar-refractivity contribution >= 4 is 6.03 Å². The molecule has 1 fully saturated rings. The first kappa shape index (κ1) is 15.2. The molecular weight excluding hydrogens is 230 g/mol. The van der Waals surface area contributed by atoms with Gasteiger partial charge in [0.15, 0.2) is 0 Å². The number of carbonyl (C=O) groups excluding carboxylic acids is 1. The summed E-state index contributed by atoms with van der Waals surface area (Å²) in [5.74, 6) is 1.07. The number of ether oxygens (including phenoxy) is 1. The van der Waals surface area contributed by atoms with Gasteiger partial charge in [0.05, 0.1) is 6.61 Å². The van der Waals surface area contributed by atoms with Crippen LogP contribution < -0.4 is 10.6 Å². The largest absolute Gasteiger partial charge is 0.383 e. The summed E-state index contributed by atoms with van der Waals surface area (Å²) in [7, 11) is 1.73. The van der Waals surface area contributed by atoms with Crippen molar-refractivity contribution in [1.82, 2.24) is 15.5 Å². The van der Waals surface area contributed by atoms with E-state index in [2.05, 4.69) is 29.4 Å². The second kappa shape index (κ2) is 8.32. The van der Waals surface area contributed by atoms with Crippen LogP contribution in [-0.4, -0.2) is 57.4 Å². The van der Waals surface area contributed by atoms with E-state index in [1.807, 2.05) is 0 Å². The topological polar surface area (TPSA) is 53.6 Å². The second-order valence-corrected chi connectivity index (χ2v) is 5.43. The molecule has 1 unspecified atom stereocenters. The maximum Gasteiger partial charge on any atom is 0.314 e. The van der Waals surface area contributed by atoms with Gasteiger partial charge in [-0.3, -0.25) is 0 Å². The van der Waals surface area contributed by atoms with Crippen molar-refractivity contribution in [1.29, 1.82) is 0 Å². The van der Waals surface area contributed by atoms with Crippen LogP contribution in [0.1, 0.15) is 20.3 Å².